The molecule has 0 unspecified atom stereocenters. The van der Waals surface area contributed by atoms with Gasteiger partial charge in [-0.3, -0.25) is 13.9 Å². The molecule has 0 saturated heterocycles. The lowest BCUT2D eigenvalue weighted by Gasteiger charge is -2.32. The number of halogens is 2. The molecule has 0 bridgehead atoms. The van der Waals surface area contributed by atoms with Crippen LogP contribution in [0, 0.1) is 6.92 Å². The van der Waals surface area contributed by atoms with E-state index in [1.165, 1.54) is 11.0 Å². The maximum atomic E-state index is 13.5. The van der Waals surface area contributed by atoms with Crippen LogP contribution in [0.5, 0.6) is 0 Å². The number of anilines is 1. The number of aryl methyl sites for hydroxylation is 1. The molecule has 0 heterocycles. The summed E-state index contributed by atoms with van der Waals surface area (Å²) in [5.41, 5.74) is 1.87. The highest BCUT2D eigenvalue weighted by molar-refractivity contribution is 9.10. The SMILES string of the molecule is CC[C@@H](C)NC(=O)[C@H](C)N(Cc1cccc(Br)c1)C(=O)CN(c1ccc(C)c(Cl)c1)S(C)(=O)=O. The normalized spacial score (nSPS) is 13.1. The highest BCUT2D eigenvalue weighted by Gasteiger charge is 2.30. The molecule has 0 spiro atoms. The van der Waals surface area contributed by atoms with Crippen LogP contribution in [0.4, 0.5) is 5.69 Å². The maximum Gasteiger partial charge on any atom is 0.244 e. The predicted molar refractivity (Wildman–Crippen MR) is 140 cm³/mol. The van der Waals surface area contributed by atoms with Gasteiger partial charge in [-0.05, 0) is 62.6 Å². The van der Waals surface area contributed by atoms with Gasteiger partial charge in [-0.2, -0.15) is 0 Å². The largest absolute Gasteiger partial charge is 0.352 e. The lowest BCUT2D eigenvalue weighted by atomic mass is 10.1. The first-order valence-electron chi connectivity index (χ1n) is 10.9. The molecule has 2 aromatic rings. The average molecular weight is 573 g/mol. The molecule has 0 fully saturated rings. The summed E-state index contributed by atoms with van der Waals surface area (Å²) in [4.78, 5) is 27.8. The summed E-state index contributed by atoms with van der Waals surface area (Å²) in [5.74, 6) is -0.809. The van der Waals surface area contributed by atoms with Crippen LogP contribution in [0.1, 0.15) is 38.3 Å². The van der Waals surface area contributed by atoms with Crippen LogP contribution in [0.25, 0.3) is 0 Å². The standard InChI is InChI=1S/C24H31BrClN3O4S/c1-6-17(3)27-24(31)18(4)28(14-19-8-7-9-20(25)12-19)23(30)15-29(34(5,32)33)21-11-10-16(2)22(26)13-21/h7-13,17-18H,6,14-15H2,1-5H3,(H,27,31)/t17-,18+/m1/s1. The molecule has 34 heavy (non-hydrogen) atoms. The van der Waals surface area contributed by atoms with Crippen LogP contribution in [-0.2, 0) is 26.2 Å². The Balaban J connectivity index is 2.41. The van der Waals surface area contributed by atoms with Gasteiger partial charge in [0.2, 0.25) is 21.8 Å². The van der Waals surface area contributed by atoms with Crippen LogP contribution in [0.15, 0.2) is 46.9 Å². The molecule has 0 aromatic heterocycles. The highest BCUT2D eigenvalue weighted by Crippen LogP contribution is 2.25. The molecule has 10 heteroatoms. The summed E-state index contributed by atoms with van der Waals surface area (Å²) >= 11 is 9.63. The Morgan fingerprint density at radius 1 is 1.15 bits per heavy atom. The molecule has 186 valence electrons. The number of amides is 2. The van der Waals surface area contributed by atoms with Gasteiger partial charge in [0.25, 0.3) is 0 Å². The van der Waals surface area contributed by atoms with E-state index in [4.69, 9.17) is 11.6 Å². The first-order chi connectivity index (χ1) is 15.8. The van der Waals surface area contributed by atoms with E-state index in [0.717, 1.165) is 32.6 Å². The van der Waals surface area contributed by atoms with E-state index in [9.17, 15) is 18.0 Å². The minimum Gasteiger partial charge on any atom is -0.352 e. The highest BCUT2D eigenvalue weighted by atomic mass is 79.9. The molecule has 1 N–H and O–H groups in total. The Kier molecular flexibility index (Phi) is 9.96. The monoisotopic (exact) mass is 571 g/mol. The molecule has 0 saturated carbocycles. The van der Waals surface area contributed by atoms with Gasteiger partial charge in [-0.25, -0.2) is 8.42 Å². The number of hydrogen-bond acceptors (Lipinski definition) is 4. The number of nitrogens with zero attached hydrogens (tertiary/aromatic N) is 2. The summed E-state index contributed by atoms with van der Waals surface area (Å²) in [7, 11) is -3.81. The van der Waals surface area contributed by atoms with Crippen molar-refractivity contribution in [2.24, 2.45) is 0 Å². The lowest BCUT2D eigenvalue weighted by Crippen LogP contribution is -2.52. The van der Waals surface area contributed by atoms with Gasteiger partial charge in [-0.1, -0.05) is 52.7 Å². The molecule has 2 aromatic carbocycles. The Labute approximate surface area is 215 Å². The predicted octanol–water partition coefficient (Wildman–Crippen LogP) is 4.51. The van der Waals surface area contributed by atoms with Gasteiger partial charge in [0.1, 0.15) is 12.6 Å². The van der Waals surface area contributed by atoms with E-state index < -0.39 is 28.5 Å². The molecular weight excluding hydrogens is 542 g/mol. The number of benzene rings is 2. The number of nitrogens with one attached hydrogen (secondary N) is 1. The smallest absolute Gasteiger partial charge is 0.244 e. The van der Waals surface area contributed by atoms with Crippen LogP contribution in [0.2, 0.25) is 5.02 Å². The fourth-order valence-electron chi connectivity index (χ4n) is 3.23. The zero-order chi connectivity index (χ0) is 25.6. The van der Waals surface area contributed by atoms with Gasteiger partial charge >= 0.3 is 0 Å². The van der Waals surface area contributed by atoms with Gasteiger partial charge in [0, 0.05) is 22.1 Å². The number of carbonyl (C=O) groups excluding carboxylic acids is 2. The second-order valence-corrected chi connectivity index (χ2v) is 11.6. The number of hydrogen-bond donors (Lipinski definition) is 1. The number of carbonyl (C=O) groups is 2. The molecule has 0 aliphatic carbocycles. The van der Waals surface area contributed by atoms with E-state index in [1.54, 1.807) is 26.0 Å². The van der Waals surface area contributed by atoms with Crippen molar-refractivity contribution in [2.75, 3.05) is 17.1 Å². The average Bonchev–Trinajstić information content (AvgIpc) is 2.76. The van der Waals surface area contributed by atoms with Crippen molar-refractivity contribution in [1.29, 1.82) is 0 Å². The minimum atomic E-state index is -3.81. The summed E-state index contributed by atoms with van der Waals surface area (Å²) in [6.45, 7) is 6.96. The third-order valence-electron chi connectivity index (χ3n) is 5.53. The van der Waals surface area contributed by atoms with Crippen molar-refractivity contribution < 1.29 is 18.0 Å². The van der Waals surface area contributed by atoms with Crippen molar-refractivity contribution in [3.63, 3.8) is 0 Å². The Morgan fingerprint density at radius 3 is 2.38 bits per heavy atom. The second kappa shape index (κ2) is 12.0. The van der Waals surface area contributed by atoms with Gasteiger partial charge in [0.05, 0.1) is 11.9 Å². The number of sulfonamides is 1. The van der Waals surface area contributed by atoms with Crippen molar-refractivity contribution in [3.8, 4) is 0 Å². The van der Waals surface area contributed by atoms with Crippen molar-refractivity contribution in [1.82, 2.24) is 10.2 Å². The van der Waals surface area contributed by atoms with Crippen molar-refractivity contribution >= 4 is 55.1 Å². The van der Waals surface area contributed by atoms with E-state index >= 15 is 0 Å². The third-order valence-corrected chi connectivity index (χ3v) is 7.57. The molecule has 2 rings (SSSR count). The first kappa shape index (κ1) is 28.1. The summed E-state index contributed by atoms with van der Waals surface area (Å²) < 4.78 is 27.0. The van der Waals surface area contributed by atoms with Crippen LogP contribution >= 0.6 is 27.5 Å². The van der Waals surface area contributed by atoms with Gasteiger partial charge < -0.3 is 10.2 Å². The maximum absolute atomic E-state index is 13.5. The van der Waals surface area contributed by atoms with Crippen molar-refractivity contribution in [3.05, 3.63) is 63.1 Å². The molecule has 2 atom stereocenters. The quantitative estimate of drug-likeness (QED) is 0.454. The zero-order valence-corrected chi connectivity index (χ0v) is 23.2. The van der Waals surface area contributed by atoms with Crippen LogP contribution in [-0.4, -0.2) is 50.0 Å². The van der Waals surface area contributed by atoms with Crippen LogP contribution < -0.4 is 9.62 Å². The van der Waals surface area contributed by atoms with Gasteiger partial charge in [-0.15, -0.1) is 0 Å². The molecule has 0 aliphatic rings. The van der Waals surface area contributed by atoms with E-state index in [0.29, 0.717) is 5.02 Å². The van der Waals surface area contributed by atoms with E-state index in [2.05, 4.69) is 21.2 Å². The fraction of sp³-hybridized carbons (Fsp3) is 0.417. The minimum absolute atomic E-state index is 0.0556. The molecule has 0 aliphatic heterocycles. The second-order valence-electron chi connectivity index (χ2n) is 8.35. The summed E-state index contributed by atoms with van der Waals surface area (Å²) in [5, 5.41) is 3.29. The van der Waals surface area contributed by atoms with E-state index in [-0.39, 0.29) is 24.2 Å². The number of rotatable bonds is 10. The zero-order valence-electron chi connectivity index (χ0n) is 20.0. The van der Waals surface area contributed by atoms with E-state index in [1.807, 2.05) is 38.1 Å². The third kappa shape index (κ3) is 7.71. The van der Waals surface area contributed by atoms with Crippen LogP contribution in [0.3, 0.4) is 0 Å². The Bertz CT molecular complexity index is 1140. The molecule has 2 amide bonds. The summed E-state index contributed by atoms with van der Waals surface area (Å²) in [6, 6.07) is 11.3. The molecule has 7 nitrogen and oxygen atoms in total. The Morgan fingerprint density at radius 2 is 1.82 bits per heavy atom. The first-order valence-corrected chi connectivity index (χ1v) is 13.9. The Hall–Kier alpha value is -2.10. The van der Waals surface area contributed by atoms with Gasteiger partial charge in [0.15, 0.2) is 0 Å². The fourth-order valence-corrected chi connectivity index (χ4v) is 4.69. The molecule has 0 radical (unpaired) electrons. The topological polar surface area (TPSA) is 86.8 Å². The molecular formula is C24H31BrClN3O4S. The summed E-state index contributed by atoms with van der Waals surface area (Å²) in [6.07, 6.45) is 1.78. The lowest BCUT2D eigenvalue weighted by molar-refractivity contribution is -0.139. The van der Waals surface area contributed by atoms with Crippen molar-refractivity contribution in [2.45, 2.75) is 52.7 Å².